The predicted octanol–water partition coefficient (Wildman–Crippen LogP) is 3.85. The third-order valence-corrected chi connectivity index (χ3v) is 2.41. The number of nitrogens with zero attached hydrogens (tertiary/aromatic N) is 1. The summed E-state index contributed by atoms with van der Waals surface area (Å²) in [6.07, 6.45) is 7.61. The molecule has 0 amide bonds. The SMILES string of the molecule is CCCCN(CC=C(C)C)CCCC. The fourth-order valence-electron chi connectivity index (χ4n) is 1.37. The number of hydrogen-bond acceptors (Lipinski definition) is 1. The van der Waals surface area contributed by atoms with Gasteiger partial charge in [-0.25, -0.2) is 0 Å². The van der Waals surface area contributed by atoms with Crippen LogP contribution in [0.5, 0.6) is 0 Å². The first kappa shape index (κ1) is 13.7. The van der Waals surface area contributed by atoms with Crippen molar-refractivity contribution in [3.05, 3.63) is 11.6 Å². The van der Waals surface area contributed by atoms with Crippen LogP contribution in [0.2, 0.25) is 0 Å². The summed E-state index contributed by atoms with van der Waals surface area (Å²) in [6, 6.07) is 0. The lowest BCUT2D eigenvalue weighted by atomic mass is 10.2. The second-order valence-corrected chi connectivity index (χ2v) is 4.29. The molecule has 0 saturated carbocycles. The molecule has 0 aromatic heterocycles. The summed E-state index contributed by atoms with van der Waals surface area (Å²) in [6.45, 7) is 12.6. The Morgan fingerprint density at radius 1 is 1.00 bits per heavy atom. The highest BCUT2D eigenvalue weighted by Crippen LogP contribution is 2.00. The molecule has 0 rings (SSSR count). The van der Waals surface area contributed by atoms with Gasteiger partial charge in [-0.1, -0.05) is 38.3 Å². The standard InChI is InChI=1S/C13H27N/c1-5-7-10-14(11-8-6-2)12-9-13(3)4/h9H,5-8,10-12H2,1-4H3. The maximum Gasteiger partial charge on any atom is 0.0165 e. The van der Waals surface area contributed by atoms with Gasteiger partial charge >= 0.3 is 0 Å². The van der Waals surface area contributed by atoms with Crippen LogP contribution < -0.4 is 0 Å². The quantitative estimate of drug-likeness (QED) is 0.534. The molecule has 0 aliphatic carbocycles. The van der Waals surface area contributed by atoms with Gasteiger partial charge in [0.05, 0.1) is 0 Å². The zero-order valence-corrected chi connectivity index (χ0v) is 10.5. The Balaban J connectivity index is 3.77. The van der Waals surface area contributed by atoms with Crippen molar-refractivity contribution in [1.82, 2.24) is 4.90 Å². The van der Waals surface area contributed by atoms with Crippen LogP contribution in [0.15, 0.2) is 11.6 Å². The molecule has 1 nitrogen and oxygen atoms in total. The van der Waals surface area contributed by atoms with Crippen LogP contribution in [0, 0.1) is 0 Å². The van der Waals surface area contributed by atoms with E-state index in [2.05, 4.69) is 38.7 Å². The van der Waals surface area contributed by atoms with E-state index in [-0.39, 0.29) is 0 Å². The Labute approximate surface area is 90.2 Å². The molecule has 0 aliphatic heterocycles. The van der Waals surface area contributed by atoms with Crippen molar-refractivity contribution < 1.29 is 0 Å². The molecular formula is C13H27N. The third-order valence-electron chi connectivity index (χ3n) is 2.41. The van der Waals surface area contributed by atoms with Crippen molar-refractivity contribution in [2.24, 2.45) is 0 Å². The van der Waals surface area contributed by atoms with Crippen molar-refractivity contribution in [2.45, 2.75) is 53.4 Å². The average Bonchev–Trinajstić information content (AvgIpc) is 2.16. The van der Waals surface area contributed by atoms with Gasteiger partial charge in [0.15, 0.2) is 0 Å². The molecule has 0 spiro atoms. The van der Waals surface area contributed by atoms with Crippen molar-refractivity contribution in [3.63, 3.8) is 0 Å². The van der Waals surface area contributed by atoms with Crippen molar-refractivity contribution >= 4 is 0 Å². The second kappa shape index (κ2) is 9.26. The molecule has 0 aromatic carbocycles. The summed E-state index contributed by atoms with van der Waals surface area (Å²) < 4.78 is 0. The summed E-state index contributed by atoms with van der Waals surface area (Å²) in [5.74, 6) is 0. The molecule has 84 valence electrons. The highest BCUT2D eigenvalue weighted by Gasteiger charge is 2.00. The molecule has 0 N–H and O–H groups in total. The maximum absolute atomic E-state index is 2.57. The Morgan fingerprint density at radius 2 is 1.50 bits per heavy atom. The van der Waals surface area contributed by atoms with Crippen LogP contribution in [0.25, 0.3) is 0 Å². The van der Waals surface area contributed by atoms with E-state index in [1.54, 1.807) is 0 Å². The number of rotatable bonds is 8. The lowest BCUT2D eigenvalue weighted by Gasteiger charge is -2.20. The molecule has 0 atom stereocenters. The Kier molecular flexibility index (Phi) is 9.06. The molecule has 0 radical (unpaired) electrons. The van der Waals surface area contributed by atoms with Crippen LogP contribution in [0.3, 0.4) is 0 Å². The van der Waals surface area contributed by atoms with Crippen molar-refractivity contribution in [1.29, 1.82) is 0 Å². The monoisotopic (exact) mass is 197 g/mol. The van der Waals surface area contributed by atoms with Crippen LogP contribution in [0.1, 0.15) is 53.4 Å². The topological polar surface area (TPSA) is 3.24 Å². The van der Waals surface area contributed by atoms with Crippen LogP contribution in [0.4, 0.5) is 0 Å². The van der Waals surface area contributed by atoms with E-state index in [4.69, 9.17) is 0 Å². The van der Waals surface area contributed by atoms with Gasteiger partial charge in [0.2, 0.25) is 0 Å². The molecule has 1 heteroatoms. The van der Waals surface area contributed by atoms with Crippen LogP contribution in [-0.2, 0) is 0 Å². The number of hydrogen-bond donors (Lipinski definition) is 0. The van der Waals surface area contributed by atoms with Gasteiger partial charge < -0.3 is 0 Å². The Hall–Kier alpha value is -0.300. The minimum atomic E-state index is 1.14. The van der Waals surface area contributed by atoms with E-state index in [0.29, 0.717) is 0 Å². The molecular weight excluding hydrogens is 170 g/mol. The molecule has 0 bridgehead atoms. The first-order chi connectivity index (χ1) is 6.70. The van der Waals surface area contributed by atoms with E-state index in [1.807, 2.05) is 0 Å². The van der Waals surface area contributed by atoms with Gasteiger partial charge in [-0.3, -0.25) is 4.90 Å². The highest BCUT2D eigenvalue weighted by molar-refractivity contribution is 4.94. The van der Waals surface area contributed by atoms with Gasteiger partial charge in [-0.05, 0) is 39.8 Å². The van der Waals surface area contributed by atoms with Gasteiger partial charge in [0.1, 0.15) is 0 Å². The summed E-state index contributed by atoms with van der Waals surface area (Å²) in [5, 5.41) is 0. The van der Waals surface area contributed by atoms with Gasteiger partial charge in [-0.2, -0.15) is 0 Å². The highest BCUT2D eigenvalue weighted by atomic mass is 15.1. The van der Waals surface area contributed by atoms with Gasteiger partial charge in [-0.15, -0.1) is 0 Å². The summed E-state index contributed by atoms with van der Waals surface area (Å²) in [7, 11) is 0. The van der Waals surface area contributed by atoms with Crippen LogP contribution in [-0.4, -0.2) is 24.5 Å². The third kappa shape index (κ3) is 8.31. The van der Waals surface area contributed by atoms with E-state index >= 15 is 0 Å². The largest absolute Gasteiger partial charge is 0.300 e. The summed E-state index contributed by atoms with van der Waals surface area (Å²) in [4.78, 5) is 2.57. The van der Waals surface area contributed by atoms with E-state index in [0.717, 1.165) is 6.54 Å². The van der Waals surface area contributed by atoms with E-state index in [9.17, 15) is 0 Å². The second-order valence-electron chi connectivity index (χ2n) is 4.29. The van der Waals surface area contributed by atoms with Crippen molar-refractivity contribution in [2.75, 3.05) is 19.6 Å². The predicted molar refractivity (Wildman–Crippen MR) is 65.7 cm³/mol. The first-order valence-corrected chi connectivity index (χ1v) is 6.06. The number of unbranched alkanes of at least 4 members (excludes halogenated alkanes) is 2. The molecule has 0 heterocycles. The zero-order chi connectivity index (χ0) is 10.8. The molecule has 0 unspecified atom stereocenters. The fraction of sp³-hybridized carbons (Fsp3) is 0.846. The molecule has 0 aromatic rings. The first-order valence-electron chi connectivity index (χ1n) is 6.06. The van der Waals surface area contributed by atoms with E-state index < -0.39 is 0 Å². The smallest absolute Gasteiger partial charge is 0.0165 e. The fourth-order valence-corrected chi connectivity index (χ4v) is 1.37. The Morgan fingerprint density at radius 3 is 1.86 bits per heavy atom. The minimum Gasteiger partial charge on any atom is -0.300 e. The molecule has 0 saturated heterocycles. The summed E-state index contributed by atoms with van der Waals surface area (Å²) in [5.41, 5.74) is 1.43. The van der Waals surface area contributed by atoms with Crippen molar-refractivity contribution in [3.8, 4) is 0 Å². The maximum atomic E-state index is 2.57. The summed E-state index contributed by atoms with van der Waals surface area (Å²) >= 11 is 0. The molecule has 14 heavy (non-hydrogen) atoms. The lowest BCUT2D eigenvalue weighted by Crippen LogP contribution is -2.26. The van der Waals surface area contributed by atoms with E-state index in [1.165, 1.54) is 44.3 Å². The normalized spacial score (nSPS) is 10.6. The van der Waals surface area contributed by atoms with Gasteiger partial charge in [0, 0.05) is 6.54 Å². The molecule has 0 fully saturated rings. The number of allylic oxidation sites excluding steroid dienone is 1. The van der Waals surface area contributed by atoms with Gasteiger partial charge in [0.25, 0.3) is 0 Å². The molecule has 0 aliphatic rings. The Bertz CT molecular complexity index is 137. The minimum absolute atomic E-state index is 1.14. The van der Waals surface area contributed by atoms with Crippen LogP contribution >= 0.6 is 0 Å². The average molecular weight is 197 g/mol. The zero-order valence-electron chi connectivity index (χ0n) is 10.5. The lowest BCUT2D eigenvalue weighted by molar-refractivity contribution is 0.292.